The van der Waals surface area contributed by atoms with Crippen LogP contribution in [0.2, 0.25) is 5.02 Å². The van der Waals surface area contributed by atoms with Gasteiger partial charge in [0.2, 0.25) is 0 Å². The highest BCUT2D eigenvalue weighted by Gasteiger charge is 2.26. The first-order chi connectivity index (χ1) is 9.68. The van der Waals surface area contributed by atoms with E-state index in [9.17, 15) is 9.50 Å². The monoisotopic (exact) mass is 290 g/mol. The van der Waals surface area contributed by atoms with Crippen molar-refractivity contribution in [1.82, 2.24) is 0 Å². The molecule has 104 valence electrons. The van der Waals surface area contributed by atoms with Gasteiger partial charge >= 0.3 is 0 Å². The summed E-state index contributed by atoms with van der Waals surface area (Å²) in [6.07, 6.45) is 2.66. The minimum absolute atomic E-state index is 0.00316. The predicted molar refractivity (Wildman–Crippen MR) is 78.5 cm³/mol. The molecule has 2 aromatic rings. The Bertz CT molecular complexity index is 622. The molecule has 1 nitrogen and oxygen atoms in total. The Kier molecular flexibility index (Phi) is 3.77. The average molecular weight is 291 g/mol. The molecular formula is C17H16ClFO. The minimum Gasteiger partial charge on any atom is -0.384 e. The van der Waals surface area contributed by atoms with Crippen LogP contribution in [0.3, 0.4) is 0 Å². The highest BCUT2D eigenvalue weighted by Crippen LogP contribution is 2.41. The highest BCUT2D eigenvalue weighted by atomic mass is 35.5. The minimum atomic E-state index is -0.880. The maximum atomic E-state index is 13.5. The molecule has 1 aliphatic rings. The van der Waals surface area contributed by atoms with E-state index in [1.807, 2.05) is 18.2 Å². The average Bonchev–Trinajstić information content (AvgIpc) is 2.40. The SMILES string of the molecule is OC(c1ccccc1C1CCC1)c1cccc(F)c1Cl. The zero-order valence-electron chi connectivity index (χ0n) is 11.0. The first-order valence-corrected chi connectivity index (χ1v) is 7.27. The summed E-state index contributed by atoms with van der Waals surface area (Å²) in [5, 5.41) is 10.6. The van der Waals surface area contributed by atoms with Crippen molar-refractivity contribution in [3.05, 3.63) is 70.0 Å². The van der Waals surface area contributed by atoms with Gasteiger partial charge in [0.25, 0.3) is 0 Å². The van der Waals surface area contributed by atoms with Crippen molar-refractivity contribution in [2.24, 2.45) is 0 Å². The molecule has 1 saturated carbocycles. The smallest absolute Gasteiger partial charge is 0.142 e. The van der Waals surface area contributed by atoms with Crippen LogP contribution in [-0.2, 0) is 0 Å². The molecule has 0 aromatic heterocycles. The first-order valence-electron chi connectivity index (χ1n) is 6.89. The van der Waals surface area contributed by atoms with Crippen molar-refractivity contribution in [2.75, 3.05) is 0 Å². The van der Waals surface area contributed by atoms with E-state index in [1.54, 1.807) is 12.1 Å². The topological polar surface area (TPSA) is 20.2 Å². The Morgan fingerprint density at radius 1 is 1.05 bits per heavy atom. The summed E-state index contributed by atoms with van der Waals surface area (Å²) >= 11 is 5.98. The molecule has 1 unspecified atom stereocenters. The second-order valence-electron chi connectivity index (χ2n) is 5.30. The summed E-state index contributed by atoms with van der Waals surface area (Å²) in [4.78, 5) is 0. The fraction of sp³-hybridized carbons (Fsp3) is 0.294. The molecule has 1 aliphatic carbocycles. The quantitative estimate of drug-likeness (QED) is 0.858. The molecule has 2 aromatic carbocycles. The van der Waals surface area contributed by atoms with Gasteiger partial charge in [-0.15, -0.1) is 0 Å². The lowest BCUT2D eigenvalue weighted by Gasteiger charge is -2.29. The van der Waals surface area contributed by atoms with Crippen molar-refractivity contribution in [3.8, 4) is 0 Å². The molecule has 0 spiro atoms. The third kappa shape index (κ3) is 2.34. The second kappa shape index (κ2) is 5.55. The fourth-order valence-corrected chi connectivity index (χ4v) is 2.98. The lowest BCUT2D eigenvalue weighted by atomic mass is 9.77. The molecule has 3 rings (SSSR count). The van der Waals surface area contributed by atoms with Gasteiger partial charge in [-0.25, -0.2) is 4.39 Å². The van der Waals surface area contributed by atoms with E-state index in [0.717, 1.165) is 24.0 Å². The van der Waals surface area contributed by atoms with Crippen molar-refractivity contribution in [1.29, 1.82) is 0 Å². The summed E-state index contributed by atoms with van der Waals surface area (Å²) in [6.45, 7) is 0. The predicted octanol–water partition coefficient (Wildman–Crippen LogP) is 4.83. The van der Waals surface area contributed by atoms with E-state index < -0.39 is 11.9 Å². The molecule has 1 N–H and O–H groups in total. The zero-order valence-corrected chi connectivity index (χ0v) is 11.8. The van der Waals surface area contributed by atoms with Gasteiger partial charge in [-0.1, -0.05) is 54.4 Å². The highest BCUT2D eigenvalue weighted by molar-refractivity contribution is 6.31. The number of hydrogen-bond donors (Lipinski definition) is 1. The Morgan fingerprint density at radius 2 is 1.75 bits per heavy atom. The van der Waals surface area contributed by atoms with Gasteiger partial charge < -0.3 is 5.11 Å². The van der Waals surface area contributed by atoms with Crippen LogP contribution in [0.4, 0.5) is 4.39 Å². The van der Waals surface area contributed by atoms with Crippen LogP contribution in [0.25, 0.3) is 0 Å². The summed E-state index contributed by atoms with van der Waals surface area (Å²) in [5.41, 5.74) is 2.43. The molecule has 0 bridgehead atoms. The van der Waals surface area contributed by atoms with Crippen molar-refractivity contribution in [3.63, 3.8) is 0 Å². The van der Waals surface area contributed by atoms with Gasteiger partial charge in [0.1, 0.15) is 11.9 Å². The van der Waals surface area contributed by atoms with Crippen molar-refractivity contribution >= 4 is 11.6 Å². The van der Waals surface area contributed by atoms with Crippen LogP contribution in [-0.4, -0.2) is 5.11 Å². The number of halogens is 2. The number of benzene rings is 2. The van der Waals surface area contributed by atoms with Crippen molar-refractivity contribution < 1.29 is 9.50 Å². The van der Waals surface area contributed by atoms with Gasteiger partial charge in [0.05, 0.1) is 5.02 Å². The molecule has 0 heterocycles. The number of hydrogen-bond acceptors (Lipinski definition) is 1. The molecule has 1 atom stereocenters. The van der Waals surface area contributed by atoms with Gasteiger partial charge in [0.15, 0.2) is 0 Å². The molecule has 20 heavy (non-hydrogen) atoms. The van der Waals surface area contributed by atoms with Crippen LogP contribution in [0.15, 0.2) is 42.5 Å². The Morgan fingerprint density at radius 3 is 2.45 bits per heavy atom. The van der Waals surface area contributed by atoms with Gasteiger partial charge in [-0.2, -0.15) is 0 Å². The lowest BCUT2D eigenvalue weighted by Crippen LogP contribution is -2.13. The normalized spacial score (nSPS) is 16.8. The number of aliphatic hydroxyl groups excluding tert-OH is 1. The Hall–Kier alpha value is -1.38. The van der Waals surface area contributed by atoms with Crippen LogP contribution >= 0.6 is 11.6 Å². The summed E-state index contributed by atoms with van der Waals surface area (Å²) in [7, 11) is 0. The van der Waals surface area contributed by atoms with E-state index in [2.05, 4.69) is 6.07 Å². The molecule has 0 amide bonds. The Balaban J connectivity index is 2.02. The van der Waals surface area contributed by atoms with Crippen LogP contribution < -0.4 is 0 Å². The van der Waals surface area contributed by atoms with E-state index in [1.165, 1.54) is 12.5 Å². The first kappa shape index (κ1) is 13.6. The van der Waals surface area contributed by atoms with Gasteiger partial charge in [-0.3, -0.25) is 0 Å². The Labute approximate surface area is 123 Å². The van der Waals surface area contributed by atoms with Crippen LogP contribution in [0.1, 0.15) is 48.0 Å². The zero-order chi connectivity index (χ0) is 14.1. The maximum absolute atomic E-state index is 13.5. The molecular weight excluding hydrogens is 275 g/mol. The third-order valence-electron chi connectivity index (χ3n) is 4.11. The molecule has 1 fully saturated rings. The van der Waals surface area contributed by atoms with Gasteiger partial charge in [0, 0.05) is 5.56 Å². The second-order valence-corrected chi connectivity index (χ2v) is 5.68. The lowest BCUT2D eigenvalue weighted by molar-refractivity contribution is 0.216. The third-order valence-corrected chi connectivity index (χ3v) is 4.51. The largest absolute Gasteiger partial charge is 0.384 e. The van der Waals surface area contributed by atoms with Crippen molar-refractivity contribution in [2.45, 2.75) is 31.3 Å². The molecule has 0 aliphatic heterocycles. The molecule has 0 radical (unpaired) electrons. The number of aliphatic hydroxyl groups is 1. The van der Waals surface area contributed by atoms with E-state index in [4.69, 9.17) is 11.6 Å². The van der Waals surface area contributed by atoms with E-state index in [-0.39, 0.29) is 5.02 Å². The van der Waals surface area contributed by atoms with E-state index in [0.29, 0.717) is 11.5 Å². The van der Waals surface area contributed by atoms with Crippen LogP contribution in [0, 0.1) is 5.82 Å². The van der Waals surface area contributed by atoms with E-state index >= 15 is 0 Å². The summed E-state index contributed by atoms with van der Waals surface area (Å²) in [6, 6.07) is 12.4. The maximum Gasteiger partial charge on any atom is 0.142 e. The fourth-order valence-electron chi connectivity index (χ4n) is 2.75. The summed E-state index contributed by atoms with van der Waals surface area (Å²) < 4.78 is 13.5. The molecule has 3 heteroatoms. The van der Waals surface area contributed by atoms with Gasteiger partial charge in [-0.05, 0) is 36.0 Å². The molecule has 0 saturated heterocycles. The number of rotatable bonds is 3. The van der Waals surface area contributed by atoms with Crippen LogP contribution in [0.5, 0.6) is 0 Å². The standard InChI is InChI=1S/C17H16ClFO/c18-16-14(9-4-10-15(16)19)17(20)13-8-2-1-7-12(13)11-5-3-6-11/h1-2,4,7-11,17,20H,3,5-6H2. The summed E-state index contributed by atoms with van der Waals surface area (Å²) in [5.74, 6) is 0.0116.